The Morgan fingerprint density at radius 2 is 1.63 bits per heavy atom. The fraction of sp³-hybridized carbons (Fsp3) is 0.667. The molecule has 0 saturated carbocycles. The summed E-state index contributed by atoms with van der Waals surface area (Å²) in [6.45, 7) is 6.95. The maximum atomic E-state index is 12.8. The van der Waals surface area contributed by atoms with Crippen LogP contribution >= 0.6 is 0 Å². The van der Waals surface area contributed by atoms with Crippen LogP contribution in [0.4, 0.5) is 0 Å². The Bertz CT molecular complexity index is 887. The van der Waals surface area contributed by atoms with Gasteiger partial charge in [0, 0.05) is 43.8 Å². The molecule has 0 fully saturated rings. The third-order valence-corrected chi connectivity index (χ3v) is 7.59. The molecule has 0 radical (unpaired) electrons. The van der Waals surface area contributed by atoms with Crippen LogP contribution in [0.2, 0.25) is 0 Å². The quantitative estimate of drug-likeness (QED) is 0.397. The number of aryl methyl sites for hydroxylation is 1. The molecule has 0 unspecified atom stereocenters. The molecule has 0 aliphatic heterocycles. The molecule has 5 nitrogen and oxygen atoms in total. The summed E-state index contributed by atoms with van der Waals surface area (Å²) in [5.74, 6) is 0.0691. The van der Waals surface area contributed by atoms with Crippen LogP contribution in [0.1, 0.15) is 63.5 Å². The Morgan fingerprint density at radius 3 is 2.30 bits per heavy atom. The van der Waals surface area contributed by atoms with Gasteiger partial charge in [-0.25, -0.2) is 12.7 Å². The van der Waals surface area contributed by atoms with E-state index in [1.54, 1.807) is 7.05 Å². The van der Waals surface area contributed by atoms with Crippen LogP contribution in [-0.2, 0) is 28.7 Å². The number of nitrogens with zero attached hydrogens (tertiary/aromatic N) is 3. The number of hydrogen-bond acceptors (Lipinski definition) is 3. The molecule has 1 heterocycles. The molecule has 0 saturated heterocycles. The van der Waals surface area contributed by atoms with Gasteiger partial charge in [0.05, 0.1) is 5.75 Å². The van der Waals surface area contributed by atoms with Crippen LogP contribution in [0.5, 0.6) is 0 Å². The number of benzene rings is 1. The molecule has 0 aliphatic rings. The van der Waals surface area contributed by atoms with Crippen LogP contribution < -0.4 is 0 Å². The number of unbranched alkanes of at least 4 members (excludes halogenated alkanes) is 4. The van der Waals surface area contributed by atoms with E-state index in [9.17, 15) is 8.42 Å². The zero-order valence-corrected chi connectivity index (χ0v) is 20.5. The molecule has 0 aliphatic carbocycles. The van der Waals surface area contributed by atoms with Gasteiger partial charge in [-0.15, -0.1) is 0 Å². The zero-order chi connectivity index (χ0) is 22.1. The van der Waals surface area contributed by atoms with Gasteiger partial charge in [-0.3, -0.25) is 0 Å². The second kappa shape index (κ2) is 11.9. The van der Waals surface area contributed by atoms with Gasteiger partial charge >= 0.3 is 0 Å². The summed E-state index contributed by atoms with van der Waals surface area (Å²) in [5, 5.41) is 1.20. The molecule has 30 heavy (non-hydrogen) atoms. The lowest BCUT2D eigenvalue weighted by atomic mass is 10.1. The van der Waals surface area contributed by atoms with E-state index in [-0.39, 0.29) is 5.75 Å². The largest absolute Gasteiger partial charge is 0.347 e. The minimum Gasteiger partial charge on any atom is -0.347 e. The third-order valence-electron chi connectivity index (χ3n) is 5.76. The van der Waals surface area contributed by atoms with E-state index in [0.29, 0.717) is 6.54 Å². The summed E-state index contributed by atoms with van der Waals surface area (Å²) in [4.78, 5) is 2.19. The van der Waals surface area contributed by atoms with Crippen LogP contribution in [0, 0.1) is 0 Å². The lowest BCUT2D eigenvalue weighted by Gasteiger charge is -2.17. The van der Waals surface area contributed by atoms with Crippen molar-refractivity contribution in [3.05, 3.63) is 35.5 Å². The molecule has 0 amide bonds. The van der Waals surface area contributed by atoms with Crippen molar-refractivity contribution in [3.8, 4) is 0 Å². The lowest BCUT2D eigenvalue weighted by molar-refractivity contribution is 0.414. The van der Waals surface area contributed by atoms with Gasteiger partial charge in [0.2, 0.25) is 10.0 Å². The Morgan fingerprint density at radius 1 is 0.933 bits per heavy atom. The molecule has 1 aromatic carbocycles. The predicted octanol–water partition coefficient (Wildman–Crippen LogP) is 4.89. The second-order valence-corrected chi connectivity index (χ2v) is 10.8. The van der Waals surface area contributed by atoms with Gasteiger partial charge in [-0.05, 0) is 56.6 Å². The predicted molar refractivity (Wildman–Crippen MR) is 128 cm³/mol. The highest BCUT2D eigenvalue weighted by molar-refractivity contribution is 7.88. The summed E-state index contributed by atoms with van der Waals surface area (Å²) in [6, 6.07) is 6.21. The Labute approximate surface area is 184 Å². The average Bonchev–Trinajstić information content (AvgIpc) is 3.03. The molecule has 0 N–H and O–H groups in total. The monoisotopic (exact) mass is 435 g/mol. The van der Waals surface area contributed by atoms with Crippen molar-refractivity contribution in [2.45, 2.75) is 71.1 Å². The number of sulfonamides is 1. The van der Waals surface area contributed by atoms with Crippen molar-refractivity contribution in [3.63, 3.8) is 0 Å². The highest BCUT2D eigenvalue weighted by Crippen LogP contribution is 2.25. The SMILES string of the molecule is CCCCCN(C)S(=O)(=O)Cc1ccc2c(c1)c(CCN(C)C)cn2CCCCC. The molecule has 0 atom stereocenters. The molecule has 2 rings (SSSR count). The van der Waals surface area contributed by atoms with Gasteiger partial charge in [0.15, 0.2) is 0 Å². The van der Waals surface area contributed by atoms with Gasteiger partial charge in [-0.1, -0.05) is 45.6 Å². The van der Waals surface area contributed by atoms with Gasteiger partial charge in [0.1, 0.15) is 0 Å². The Balaban J connectivity index is 2.26. The minimum atomic E-state index is -3.29. The van der Waals surface area contributed by atoms with Gasteiger partial charge < -0.3 is 9.47 Å². The average molecular weight is 436 g/mol. The minimum absolute atomic E-state index is 0.0691. The number of rotatable bonds is 14. The Kier molecular flexibility index (Phi) is 9.85. The maximum Gasteiger partial charge on any atom is 0.218 e. The first kappa shape index (κ1) is 24.9. The zero-order valence-electron chi connectivity index (χ0n) is 19.7. The first-order chi connectivity index (χ1) is 14.3. The summed E-state index contributed by atoms with van der Waals surface area (Å²) in [7, 11) is 2.59. The van der Waals surface area contributed by atoms with Crippen molar-refractivity contribution in [1.82, 2.24) is 13.8 Å². The van der Waals surface area contributed by atoms with Crippen molar-refractivity contribution in [1.29, 1.82) is 0 Å². The van der Waals surface area contributed by atoms with Crippen molar-refractivity contribution < 1.29 is 8.42 Å². The standard InChI is InChI=1S/C24H41N3O2S/c1-6-8-10-15-26(5)30(28,29)20-21-12-13-24-23(18-21)22(14-17-25(3)4)19-27(24)16-11-9-7-2/h12-13,18-19H,6-11,14-17,20H2,1-5H3. The summed E-state index contributed by atoms with van der Waals surface area (Å²) in [6.07, 6.45) is 9.93. The van der Waals surface area contributed by atoms with Crippen molar-refractivity contribution >= 4 is 20.9 Å². The van der Waals surface area contributed by atoms with Crippen molar-refractivity contribution in [2.75, 3.05) is 34.2 Å². The summed E-state index contributed by atoms with van der Waals surface area (Å²) in [5.41, 5.74) is 3.41. The van der Waals surface area contributed by atoms with Crippen LogP contribution in [0.3, 0.4) is 0 Å². The number of fused-ring (bicyclic) bond motifs is 1. The fourth-order valence-electron chi connectivity index (χ4n) is 3.81. The van der Waals surface area contributed by atoms with Crippen LogP contribution in [0.15, 0.2) is 24.4 Å². The van der Waals surface area contributed by atoms with Crippen LogP contribution in [-0.4, -0.2) is 56.4 Å². The second-order valence-electron chi connectivity index (χ2n) is 8.74. The van der Waals surface area contributed by atoms with E-state index in [1.807, 2.05) is 6.07 Å². The molecule has 1 aromatic heterocycles. The smallest absolute Gasteiger partial charge is 0.218 e. The van der Waals surface area contributed by atoms with E-state index < -0.39 is 10.0 Å². The van der Waals surface area contributed by atoms with E-state index in [1.165, 1.54) is 40.0 Å². The highest BCUT2D eigenvalue weighted by atomic mass is 32.2. The summed E-state index contributed by atoms with van der Waals surface area (Å²) >= 11 is 0. The van der Waals surface area contributed by atoms with Crippen LogP contribution in [0.25, 0.3) is 10.9 Å². The molecule has 6 heteroatoms. The summed E-state index contributed by atoms with van der Waals surface area (Å²) < 4.78 is 29.5. The van der Waals surface area contributed by atoms with Gasteiger partial charge in [0.25, 0.3) is 0 Å². The topological polar surface area (TPSA) is 45.6 Å². The maximum absolute atomic E-state index is 12.8. The molecular formula is C24H41N3O2S. The number of likely N-dealkylation sites (N-methyl/N-ethyl adjacent to an activating group) is 1. The molecule has 0 spiro atoms. The fourth-order valence-corrected chi connectivity index (χ4v) is 5.04. The van der Waals surface area contributed by atoms with Gasteiger partial charge in [-0.2, -0.15) is 0 Å². The van der Waals surface area contributed by atoms with E-state index in [4.69, 9.17) is 0 Å². The first-order valence-corrected chi connectivity index (χ1v) is 13.1. The molecule has 2 aromatic rings. The number of hydrogen-bond donors (Lipinski definition) is 0. The first-order valence-electron chi connectivity index (χ1n) is 11.5. The van der Waals surface area contributed by atoms with E-state index >= 15 is 0 Å². The molecule has 170 valence electrons. The molecular weight excluding hydrogens is 394 g/mol. The third kappa shape index (κ3) is 7.10. The molecule has 0 bridgehead atoms. The normalized spacial score (nSPS) is 12.5. The van der Waals surface area contributed by atoms with E-state index in [2.05, 4.69) is 55.7 Å². The highest BCUT2D eigenvalue weighted by Gasteiger charge is 2.19. The Hall–Kier alpha value is -1.37. The van der Waals surface area contributed by atoms with Crippen molar-refractivity contribution in [2.24, 2.45) is 0 Å². The number of aromatic nitrogens is 1. The lowest BCUT2D eigenvalue weighted by Crippen LogP contribution is -2.29. The van der Waals surface area contributed by atoms with E-state index in [0.717, 1.165) is 44.3 Å².